The van der Waals surface area contributed by atoms with Gasteiger partial charge in [-0.2, -0.15) is 13.2 Å². The topological polar surface area (TPSA) is 46.6 Å². The van der Waals surface area contributed by atoms with Crippen molar-refractivity contribution in [3.63, 3.8) is 0 Å². The number of rotatable bonds is 5. The molecule has 0 aromatic carbocycles. The number of ether oxygens (including phenoxy) is 1. The fraction of sp³-hybridized carbons (Fsp3) is 0.500. The van der Waals surface area contributed by atoms with E-state index in [0.717, 1.165) is 24.0 Å². The predicted molar refractivity (Wildman–Crippen MR) is 75.3 cm³/mol. The highest BCUT2D eigenvalue weighted by atomic mass is 79.9. The van der Waals surface area contributed by atoms with Gasteiger partial charge in [-0.25, -0.2) is 0 Å². The van der Waals surface area contributed by atoms with E-state index in [1.54, 1.807) is 6.92 Å². The molecule has 1 heterocycles. The molecule has 0 radical (unpaired) electrons. The van der Waals surface area contributed by atoms with E-state index in [0.29, 0.717) is 8.69 Å². The number of nitrogens with zero attached hydrogens (tertiary/aromatic N) is 1. The zero-order valence-electron chi connectivity index (χ0n) is 11.3. The van der Waals surface area contributed by atoms with Gasteiger partial charge in [0.05, 0.1) is 22.2 Å². The summed E-state index contributed by atoms with van der Waals surface area (Å²) in [6, 6.07) is 1.51. The van der Waals surface area contributed by atoms with E-state index in [1.165, 1.54) is 6.07 Å². The smallest absolute Gasteiger partial charge is 0.406 e. The molecule has 0 aliphatic carbocycles. The number of hydrogen-bond acceptors (Lipinski definition) is 4. The molecular weight excluding hydrogens is 375 g/mol. The number of thiophene rings is 1. The van der Waals surface area contributed by atoms with E-state index in [1.807, 2.05) is 0 Å². The minimum Gasteiger partial charge on any atom is -0.469 e. The lowest BCUT2D eigenvalue weighted by Gasteiger charge is -2.22. The normalized spacial score (nSPS) is 11.3. The van der Waals surface area contributed by atoms with Crippen LogP contribution < -0.4 is 0 Å². The van der Waals surface area contributed by atoms with Crippen LogP contribution in [0.5, 0.6) is 0 Å². The SMILES string of the molecule is COC(=O)CCN(CC(F)(F)F)C(=O)c1cc(C)c(Br)s1. The highest BCUT2D eigenvalue weighted by Crippen LogP contribution is 2.29. The molecule has 0 N–H and O–H groups in total. The van der Waals surface area contributed by atoms with Crippen molar-refractivity contribution in [3.8, 4) is 0 Å². The highest BCUT2D eigenvalue weighted by molar-refractivity contribution is 9.11. The highest BCUT2D eigenvalue weighted by Gasteiger charge is 2.34. The van der Waals surface area contributed by atoms with Crippen LogP contribution in [-0.2, 0) is 9.53 Å². The first-order valence-corrected chi connectivity index (χ1v) is 7.43. The third-order valence-corrected chi connectivity index (χ3v) is 4.66. The quantitative estimate of drug-likeness (QED) is 0.727. The van der Waals surface area contributed by atoms with E-state index in [2.05, 4.69) is 20.7 Å². The number of halogens is 4. The second-order valence-corrected chi connectivity index (χ2v) is 6.61. The van der Waals surface area contributed by atoms with Gasteiger partial charge in [0.2, 0.25) is 0 Å². The van der Waals surface area contributed by atoms with Crippen molar-refractivity contribution in [1.82, 2.24) is 4.90 Å². The molecule has 0 aliphatic rings. The third-order valence-electron chi connectivity index (χ3n) is 2.54. The van der Waals surface area contributed by atoms with Gasteiger partial charge >= 0.3 is 12.1 Å². The fourth-order valence-corrected chi connectivity index (χ4v) is 3.02. The zero-order chi connectivity index (χ0) is 16.2. The van der Waals surface area contributed by atoms with Crippen molar-refractivity contribution in [2.45, 2.75) is 19.5 Å². The van der Waals surface area contributed by atoms with Crippen molar-refractivity contribution in [2.24, 2.45) is 0 Å². The number of hydrogen-bond donors (Lipinski definition) is 0. The Balaban J connectivity index is 2.88. The second kappa shape index (κ2) is 7.26. The fourth-order valence-electron chi connectivity index (χ4n) is 1.52. The number of methoxy groups -OCH3 is 1. The molecule has 1 amide bonds. The lowest BCUT2D eigenvalue weighted by atomic mass is 10.3. The van der Waals surface area contributed by atoms with E-state index in [4.69, 9.17) is 0 Å². The summed E-state index contributed by atoms with van der Waals surface area (Å²) in [5.41, 5.74) is 0.767. The Morgan fingerprint density at radius 1 is 1.43 bits per heavy atom. The molecule has 0 unspecified atom stereocenters. The minimum atomic E-state index is -4.53. The Morgan fingerprint density at radius 3 is 2.48 bits per heavy atom. The van der Waals surface area contributed by atoms with Gasteiger partial charge in [-0.15, -0.1) is 11.3 Å². The van der Waals surface area contributed by atoms with Gasteiger partial charge in [0, 0.05) is 6.54 Å². The second-order valence-electron chi connectivity index (χ2n) is 4.24. The van der Waals surface area contributed by atoms with Crippen LogP contribution in [0, 0.1) is 6.92 Å². The number of carbonyl (C=O) groups is 2. The largest absolute Gasteiger partial charge is 0.469 e. The zero-order valence-corrected chi connectivity index (χ0v) is 13.7. The monoisotopic (exact) mass is 387 g/mol. The van der Waals surface area contributed by atoms with Crippen molar-refractivity contribution < 1.29 is 27.5 Å². The Hall–Kier alpha value is -1.09. The maximum Gasteiger partial charge on any atom is 0.406 e. The summed E-state index contributed by atoms with van der Waals surface area (Å²) >= 11 is 4.28. The number of amides is 1. The van der Waals surface area contributed by atoms with E-state index in [9.17, 15) is 22.8 Å². The van der Waals surface area contributed by atoms with Gasteiger partial charge in [0.1, 0.15) is 6.54 Å². The summed E-state index contributed by atoms with van der Waals surface area (Å²) in [6.07, 6.45) is -4.82. The summed E-state index contributed by atoms with van der Waals surface area (Å²) in [7, 11) is 1.14. The van der Waals surface area contributed by atoms with Crippen LogP contribution in [0.4, 0.5) is 13.2 Å². The van der Waals surface area contributed by atoms with E-state index < -0.39 is 24.6 Å². The Bertz CT molecular complexity index is 511. The third kappa shape index (κ3) is 5.66. The first-order chi connectivity index (χ1) is 9.64. The molecule has 21 heavy (non-hydrogen) atoms. The van der Waals surface area contributed by atoms with Crippen molar-refractivity contribution in [2.75, 3.05) is 20.2 Å². The van der Waals surface area contributed by atoms with Gasteiger partial charge in [-0.3, -0.25) is 9.59 Å². The average Bonchev–Trinajstić information content (AvgIpc) is 2.72. The molecule has 0 fully saturated rings. The van der Waals surface area contributed by atoms with Gasteiger partial charge in [-0.05, 0) is 34.5 Å². The number of alkyl halides is 3. The van der Waals surface area contributed by atoms with Crippen molar-refractivity contribution in [3.05, 3.63) is 20.3 Å². The maximum atomic E-state index is 12.6. The predicted octanol–water partition coefficient (Wildman–Crippen LogP) is 3.39. The Kier molecular flexibility index (Phi) is 6.21. The van der Waals surface area contributed by atoms with Crippen LogP contribution >= 0.6 is 27.3 Å². The molecule has 1 rings (SSSR count). The summed E-state index contributed by atoms with van der Waals surface area (Å²) in [5.74, 6) is -1.42. The van der Waals surface area contributed by atoms with Crippen molar-refractivity contribution >= 4 is 39.1 Å². The molecule has 1 aromatic heterocycles. The van der Waals surface area contributed by atoms with E-state index >= 15 is 0 Å². The molecule has 1 aromatic rings. The number of esters is 1. The Morgan fingerprint density at radius 2 is 2.05 bits per heavy atom. The van der Waals surface area contributed by atoms with Crippen LogP contribution in [0.1, 0.15) is 21.7 Å². The van der Waals surface area contributed by atoms with Gasteiger partial charge < -0.3 is 9.64 Å². The minimum absolute atomic E-state index is 0.188. The molecule has 0 bridgehead atoms. The van der Waals surface area contributed by atoms with Gasteiger partial charge in [0.15, 0.2) is 0 Å². The van der Waals surface area contributed by atoms with Crippen LogP contribution in [0.2, 0.25) is 0 Å². The van der Waals surface area contributed by atoms with Crippen molar-refractivity contribution in [1.29, 1.82) is 0 Å². The first-order valence-electron chi connectivity index (χ1n) is 5.83. The molecule has 4 nitrogen and oxygen atoms in total. The van der Waals surface area contributed by atoms with Gasteiger partial charge in [-0.1, -0.05) is 0 Å². The lowest BCUT2D eigenvalue weighted by Crippen LogP contribution is -2.40. The summed E-state index contributed by atoms with van der Waals surface area (Å²) in [6.45, 7) is -0.0170. The molecule has 0 aliphatic heterocycles. The summed E-state index contributed by atoms with van der Waals surface area (Å²) in [5, 5.41) is 0. The Labute approximate surface area is 132 Å². The molecule has 9 heteroatoms. The average molecular weight is 388 g/mol. The number of aryl methyl sites for hydroxylation is 1. The van der Waals surface area contributed by atoms with Crippen LogP contribution in [0.25, 0.3) is 0 Å². The molecule has 0 saturated carbocycles. The molecule has 0 atom stereocenters. The first kappa shape index (κ1) is 18.0. The summed E-state index contributed by atoms with van der Waals surface area (Å²) in [4.78, 5) is 24.0. The van der Waals surface area contributed by atoms with Crippen LogP contribution in [-0.4, -0.2) is 43.2 Å². The molecule has 0 saturated heterocycles. The molecule has 0 spiro atoms. The van der Waals surface area contributed by atoms with E-state index in [-0.39, 0.29) is 17.8 Å². The lowest BCUT2D eigenvalue weighted by molar-refractivity contribution is -0.146. The van der Waals surface area contributed by atoms with Crippen LogP contribution in [0.15, 0.2) is 9.85 Å². The maximum absolute atomic E-state index is 12.6. The molecule has 118 valence electrons. The number of carbonyl (C=O) groups excluding carboxylic acids is 2. The standard InChI is InChI=1S/C12H13BrF3NO3S/c1-7-5-8(21-10(7)13)11(19)17(6-12(14,15)16)4-3-9(18)20-2/h5H,3-4,6H2,1-2H3. The van der Waals surface area contributed by atoms with Gasteiger partial charge in [0.25, 0.3) is 5.91 Å². The summed E-state index contributed by atoms with van der Waals surface area (Å²) < 4.78 is 42.7. The molecular formula is C12H13BrF3NO3S. The van der Waals surface area contributed by atoms with Crippen LogP contribution in [0.3, 0.4) is 0 Å².